The number of esters is 1. The van der Waals surface area contributed by atoms with E-state index in [1.54, 1.807) is 24.3 Å². The van der Waals surface area contributed by atoms with Crippen LogP contribution in [0, 0.1) is 0 Å². The summed E-state index contributed by atoms with van der Waals surface area (Å²) in [5.74, 6) is -1.30. The molecule has 2 aromatic rings. The fourth-order valence-electron chi connectivity index (χ4n) is 2.03. The van der Waals surface area contributed by atoms with Gasteiger partial charge in [0.25, 0.3) is 11.8 Å². The zero-order valence-corrected chi connectivity index (χ0v) is 12.8. The van der Waals surface area contributed by atoms with Crippen LogP contribution in [0.15, 0.2) is 47.3 Å². The van der Waals surface area contributed by atoms with E-state index in [-0.39, 0.29) is 17.5 Å². The van der Waals surface area contributed by atoms with Gasteiger partial charge in [-0.3, -0.25) is 9.59 Å². The highest BCUT2D eigenvalue weighted by atomic mass is 16.5. The summed E-state index contributed by atoms with van der Waals surface area (Å²) >= 11 is 0. The van der Waals surface area contributed by atoms with E-state index in [0.717, 1.165) is 12.8 Å². The summed E-state index contributed by atoms with van der Waals surface area (Å²) in [7, 11) is 0. The van der Waals surface area contributed by atoms with Crippen LogP contribution in [0.2, 0.25) is 0 Å². The Hall–Kier alpha value is -3.09. The van der Waals surface area contributed by atoms with Crippen molar-refractivity contribution < 1.29 is 23.5 Å². The van der Waals surface area contributed by atoms with Crippen LogP contribution in [0.4, 0.5) is 5.69 Å². The molecule has 7 nitrogen and oxygen atoms in total. The largest absolute Gasteiger partial charge is 0.472 e. The van der Waals surface area contributed by atoms with Crippen molar-refractivity contribution in [2.75, 3.05) is 11.9 Å². The zero-order valence-electron chi connectivity index (χ0n) is 12.8. The number of hydrogen-bond acceptors (Lipinski definition) is 5. The second kappa shape index (κ2) is 6.99. The van der Waals surface area contributed by atoms with Crippen LogP contribution in [-0.4, -0.2) is 30.4 Å². The van der Waals surface area contributed by atoms with E-state index in [1.807, 2.05) is 0 Å². The Morgan fingerprint density at radius 2 is 2.00 bits per heavy atom. The lowest BCUT2D eigenvalue weighted by Crippen LogP contribution is -2.25. The van der Waals surface area contributed by atoms with Gasteiger partial charge >= 0.3 is 5.97 Å². The molecule has 24 heavy (non-hydrogen) atoms. The van der Waals surface area contributed by atoms with Gasteiger partial charge in [-0.15, -0.1) is 0 Å². The second-order valence-electron chi connectivity index (χ2n) is 5.46. The first-order valence-electron chi connectivity index (χ1n) is 7.52. The van der Waals surface area contributed by atoms with Crippen LogP contribution >= 0.6 is 0 Å². The average molecular weight is 328 g/mol. The third-order valence-electron chi connectivity index (χ3n) is 3.41. The topological polar surface area (TPSA) is 97.6 Å². The molecule has 1 fully saturated rings. The Morgan fingerprint density at radius 1 is 1.17 bits per heavy atom. The van der Waals surface area contributed by atoms with Crippen LogP contribution in [0.5, 0.6) is 0 Å². The van der Waals surface area contributed by atoms with Crippen LogP contribution in [0.3, 0.4) is 0 Å². The number of furan rings is 1. The number of ether oxygens (including phenoxy) is 1. The fraction of sp³-hybridized carbons (Fsp3) is 0.235. The molecule has 1 aliphatic rings. The number of amides is 2. The van der Waals surface area contributed by atoms with Gasteiger partial charge in [0.15, 0.2) is 6.61 Å². The molecule has 0 radical (unpaired) electrons. The Labute approximate surface area is 138 Å². The summed E-state index contributed by atoms with van der Waals surface area (Å²) in [4.78, 5) is 35.4. The molecule has 0 aliphatic heterocycles. The van der Waals surface area contributed by atoms with Crippen molar-refractivity contribution in [3.8, 4) is 0 Å². The Kier molecular flexibility index (Phi) is 4.60. The Balaban J connectivity index is 1.52. The lowest BCUT2D eigenvalue weighted by atomic mass is 10.2. The predicted octanol–water partition coefficient (Wildman–Crippen LogP) is 1.97. The monoisotopic (exact) mass is 328 g/mol. The molecular weight excluding hydrogens is 312 g/mol. The number of rotatable bonds is 6. The van der Waals surface area contributed by atoms with Crippen molar-refractivity contribution in [1.29, 1.82) is 0 Å². The maximum absolute atomic E-state index is 12.0. The van der Waals surface area contributed by atoms with Crippen molar-refractivity contribution in [2.45, 2.75) is 18.9 Å². The van der Waals surface area contributed by atoms with Crippen molar-refractivity contribution in [3.05, 3.63) is 54.0 Å². The van der Waals surface area contributed by atoms with Crippen LogP contribution in [0.1, 0.15) is 33.6 Å². The molecule has 2 N–H and O–H groups in total. The summed E-state index contributed by atoms with van der Waals surface area (Å²) in [5, 5.41) is 5.46. The van der Waals surface area contributed by atoms with Gasteiger partial charge in [-0.2, -0.15) is 0 Å². The van der Waals surface area contributed by atoms with Gasteiger partial charge in [0, 0.05) is 17.3 Å². The standard InChI is InChI=1S/C17H16N2O5/c20-15(10-24-17(22)12-6-7-23-9-12)18-14-3-1-2-11(8-14)16(21)19-13-4-5-13/h1-3,6-9,13H,4-5,10H2,(H,18,20)(H,19,21). The highest BCUT2D eigenvalue weighted by Crippen LogP contribution is 2.20. The molecular formula is C17H16N2O5. The molecule has 1 saturated carbocycles. The number of hydrogen-bond donors (Lipinski definition) is 2. The molecule has 1 aliphatic carbocycles. The predicted molar refractivity (Wildman–Crippen MR) is 84.6 cm³/mol. The van der Waals surface area contributed by atoms with E-state index in [4.69, 9.17) is 9.15 Å². The first-order valence-corrected chi connectivity index (χ1v) is 7.52. The average Bonchev–Trinajstić information content (AvgIpc) is 3.22. The Morgan fingerprint density at radius 3 is 2.71 bits per heavy atom. The number of nitrogens with one attached hydrogen (secondary N) is 2. The minimum atomic E-state index is -0.642. The summed E-state index contributed by atoms with van der Waals surface area (Å²) in [5.41, 5.74) is 1.17. The smallest absolute Gasteiger partial charge is 0.341 e. The molecule has 2 amide bonds. The highest BCUT2D eigenvalue weighted by Gasteiger charge is 2.23. The molecule has 1 aromatic heterocycles. The first kappa shape index (κ1) is 15.8. The maximum Gasteiger partial charge on any atom is 0.341 e. The van der Waals surface area contributed by atoms with E-state index in [2.05, 4.69) is 10.6 Å². The normalized spacial score (nSPS) is 13.2. The lowest BCUT2D eigenvalue weighted by molar-refractivity contribution is -0.119. The van der Waals surface area contributed by atoms with Crippen LogP contribution < -0.4 is 10.6 Å². The van der Waals surface area contributed by atoms with Gasteiger partial charge in [-0.05, 0) is 37.1 Å². The summed E-state index contributed by atoms with van der Waals surface area (Å²) in [6.07, 6.45) is 4.59. The van der Waals surface area contributed by atoms with Gasteiger partial charge < -0.3 is 19.8 Å². The van der Waals surface area contributed by atoms with Gasteiger partial charge in [-0.25, -0.2) is 4.79 Å². The third-order valence-corrected chi connectivity index (χ3v) is 3.41. The van der Waals surface area contributed by atoms with Crippen molar-refractivity contribution in [2.24, 2.45) is 0 Å². The summed E-state index contributed by atoms with van der Waals surface area (Å²) in [6, 6.07) is 8.29. The molecule has 0 saturated heterocycles. The maximum atomic E-state index is 12.0. The summed E-state index contributed by atoms with van der Waals surface area (Å²) < 4.78 is 9.63. The number of benzene rings is 1. The van der Waals surface area contributed by atoms with E-state index >= 15 is 0 Å². The van der Waals surface area contributed by atoms with E-state index < -0.39 is 18.5 Å². The molecule has 1 aromatic carbocycles. The van der Waals surface area contributed by atoms with Crippen molar-refractivity contribution >= 4 is 23.5 Å². The molecule has 1 heterocycles. The minimum Gasteiger partial charge on any atom is -0.472 e. The van der Waals surface area contributed by atoms with E-state index in [0.29, 0.717) is 11.3 Å². The Bertz CT molecular complexity index is 750. The minimum absolute atomic E-state index is 0.167. The van der Waals surface area contributed by atoms with Crippen molar-refractivity contribution in [1.82, 2.24) is 5.32 Å². The van der Waals surface area contributed by atoms with Crippen LogP contribution in [0.25, 0.3) is 0 Å². The van der Waals surface area contributed by atoms with E-state index in [1.165, 1.54) is 18.6 Å². The number of anilines is 1. The molecule has 0 unspecified atom stereocenters. The van der Waals surface area contributed by atoms with Gasteiger partial charge in [0.05, 0.1) is 11.8 Å². The molecule has 0 spiro atoms. The summed E-state index contributed by atoms with van der Waals surface area (Å²) in [6.45, 7) is -0.428. The fourth-order valence-corrected chi connectivity index (χ4v) is 2.03. The SMILES string of the molecule is O=C(COC(=O)c1ccoc1)Nc1cccc(C(=O)NC2CC2)c1. The molecule has 7 heteroatoms. The van der Waals surface area contributed by atoms with E-state index in [9.17, 15) is 14.4 Å². The quantitative estimate of drug-likeness (QED) is 0.790. The molecule has 0 bridgehead atoms. The van der Waals surface area contributed by atoms with Gasteiger partial charge in [0.2, 0.25) is 0 Å². The first-order chi connectivity index (χ1) is 11.6. The second-order valence-corrected chi connectivity index (χ2v) is 5.46. The lowest BCUT2D eigenvalue weighted by Gasteiger charge is -2.08. The third kappa shape index (κ3) is 4.22. The number of carbonyl (C=O) groups is 3. The van der Waals surface area contributed by atoms with Crippen molar-refractivity contribution in [3.63, 3.8) is 0 Å². The molecule has 0 atom stereocenters. The van der Waals surface area contributed by atoms with Crippen LogP contribution in [-0.2, 0) is 9.53 Å². The van der Waals surface area contributed by atoms with Gasteiger partial charge in [0.1, 0.15) is 6.26 Å². The molecule has 3 rings (SSSR count). The molecule has 124 valence electrons. The zero-order chi connectivity index (χ0) is 16.9. The number of carbonyl (C=O) groups excluding carboxylic acids is 3. The highest BCUT2D eigenvalue weighted by molar-refractivity contribution is 5.98. The van der Waals surface area contributed by atoms with Gasteiger partial charge in [-0.1, -0.05) is 6.07 Å².